The Bertz CT molecular complexity index is 915. The molecule has 0 aromatic carbocycles. The first kappa shape index (κ1) is 21.0. The van der Waals surface area contributed by atoms with Gasteiger partial charge in [-0.05, 0) is 51.3 Å². The van der Waals surface area contributed by atoms with E-state index in [0.29, 0.717) is 24.8 Å². The van der Waals surface area contributed by atoms with Crippen LogP contribution < -0.4 is 5.56 Å². The molecule has 0 saturated heterocycles. The molecule has 0 fully saturated rings. The number of aromatic nitrogens is 2. The zero-order chi connectivity index (χ0) is 20.4. The van der Waals surface area contributed by atoms with Gasteiger partial charge in [-0.15, -0.1) is 11.3 Å². The predicted molar refractivity (Wildman–Crippen MR) is 115 cm³/mol. The number of carbonyl (C=O) groups is 1. The summed E-state index contributed by atoms with van der Waals surface area (Å²) in [6, 6.07) is 0. The van der Waals surface area contributed by atoms with Crippen molar-refractivity contribution < 1.29 is 4.79 Å². The smallest absolute Gasteiger partial charge is 0.263 e. The van der Waals surface area contributed by atoms with Crippen molar-refractivity contribution in [2.45, 2.75) is 59.0 Å². The average Bonchev–Trinajstić information content (AvgIpc) is 2.99. The highest BCUT2D eigenvalue weighted by atomic mass is 32.1. The molecule has 1 amide bonds. The number of hydrogen-bond donors (Lipinski definition) is 0. The molecule has 28 heavy (non-hydrogen) atoms. The predicted octanol–water partition coefficient (Wildman–Crippen LogP) is 2.90. The number of likely N-dealkylation sites (N-methyl/N-ethyl adjacent to an activating group) is 1. The van der Waals surface area contributed by atoms with Crippen molar-refractivity contribution in [2.24, 2.45) is 5.92 Å². The number of hydrogen-bond acceptors (Lipinski definition) is 5. The summed E-state index contributed by atoms with van der Waals surface area (Å²) in [5.74, 6) is 1.29. The van der Waals surface area contributed by atoms with E-state index in [4.69, 9.17) is 4.98 Å². The number of rotatable bonds is 7. The van der Waals surface area contributed by atoms with Crippen LogP contribution >= 0.6 is 11.3 Å². The van der Waals surface area contributed by atoms with Gasteiger partial charge in [0.15, 0.2) is 0 Å². The first-order chi connectivity index (χ1) is 13.3. The molecule has 3 rings (SSSR count). The second kappa shape index (κ2) is 8.74. The van der Waals surface area contributed by atoms with Gasteiger partial charge in [0.25, 0.3) is 5.56 Å². The molecular weight excluding hydrogens is 372 g/mol. The maximum absolute atomic E-state index is 13.5. The molecule has 0 radical (unpaired) electrons. The molecule has 154 valence electrons. The minimum absolute atomic E-state index is 0.0329. The summed E-state index contributed by atoms with van der Waals surface area (Å²) in [5.41, 5.74) is 1.12. The van der Waals surface area contributed by atoms with Gasteiger partial charge in [0.1, 0.15) is 17.2 Å². The first-order valence-electron chi connectivity index (χ1n) is 10.2. The van der Waals surface area contributed by atoms with E-state index in [-0.39, 0.29) is 18.0 Å². The summed E-state index contributed by atoms with van der Waals surface area (Å²) in [4.78, 5) is 36.9. The van der Waals surface area contributed by atoms with E-state index >= 15 is 0 Å². The molecule has 0 spiro atoms. The zero-order valence-corrected chi connectivity index (χ0v) is 18.6. The van der Waals surface area contributed by atoms with Crippen LogP contribution in [0.1, 0.15) is 49.4 Å². The van der Waals surface area contributed by atoms with Crippen molar-refractivity contribution in [1.82, 2.24) is 19.4 Å². The highest BCUT2D eigenvalue weighted by Crippen LogP contribution is 2.35. The van der Waals surface area contributed by atoms with E-state index in [9.17, 15) is 9.59 Å². The monoisotopic (exact) mass is 404 g/mol. The van der Waals surface area contributed by atoms with Gasteiger partial charge in [-0.1, -0.05) is 20.3 Å². The largest absolute Gasteiger partial charge is 0.344 e. The van der Waals surface area contributed by atoms with Crippen molar-refractivity contribution >= 4 is 27.5 Å². The number of nitrogens with zero attached hydrogens (tertiary/aromatic N) is 4. The molecule has 1 unspecified atom stereocenters. The fraction of sp³-hybridized carbons (Fsp3) is 0.667. The van der Waals surface area contributed by atoms with Gasteiger partial charge in [-0.3, -0.25) is 14.2 Å². The van der Waals surface area contributed by atoms with Crippen LogP contribution in [0.3, 0.4) is 0 Å². The van der Waals surface area contributed by atoms with E-state index in [0.717, 1.165) is 42.3 Å². The molecule has 0 N–H and O–H groups in total. The summed E-state index contributed by atoms with van der Waals surface area (Å²) in [7, 11) is 5.72. The van der Waals surface area contributed by atoms with Crippen LogP contribution in [-0.4, -0.2) is 52.9 Å². The molecule has 1 aliphatic rings. The van der Waals surface area contributed by atoms with Gasteiger partial charge in [0, 0.05) is 18.5 Å². The molecule has 6 nitrogen and oxygen atoms in total. The molecule has 7 heteroatoms. The van der Waals surface area contributed by atoms with Crippen molar-refractivity contribution in [3.8, 4) is 0 Å². The second-order valence-corrected chi connectivity index (χ2v) is 9.44. The number of aryl methyl sites for hydroxylation is 1. The van der Waals surface area contributed by atoms with Crippen LogP contribution in [0.25, 0.3) is 10.2 Å². The van der Waals surface area contributed by atoms with E-state index < -0.39 is 0 Å². The summed E-state index contributed by atoms with van der Waals surface area (Å²) in [6.07, 6.45) is 5.07. The molecular formula is C21H32N4O2S. The van der Waals surface area contributed by atoms with E-state index in [1.807, 2.05) is 26.0 Å². The molecule has 1 atom stereocenters. The average molecular weight is 405 g/mol. The zero-order valence-electron chi connectivity index (χ0n) is 17.7. The second-order valence-electron chi connectivity index (χ2n) is 8.36. The maximum atomic E-state index is 13.5. The molecule has 0 bridgehead atoms. The van der Waals surface area contributed by atoms with Crippen LogP contribution in [0.2, 0.25) is 0 Å². The summed E-state index contributed by atoms with van der Waals surface area (Å²) < 4.78 is 1.61. The Kier molecular flexibility index (Phi) is 6.55. The molecule has 1 aliphatic carbocycles. The van der Waals surface area contributed by atoms with Crippen LogP contribution in [0.5, 0.6) is 0 Å². The van der Waals surface area contributed by atoms with Gasteiger partial charge in [-0.25, -0.2) is 4.98 Å². The fourth-order valence-corrected chi connectivity index (χ4v) is 5.20. The van der Waals surface area contributed by atoms with E-state index in [2.05, 4.69) is 13.8 Å². The highest BCUT2D eigenvalue weighted by Gasteiger charge is 2.25. The van der Waals surface area contributed by atoms with Gasteiger partial charge < -0.3 is 9.80 Å². The Hall–Kier alpha value is -1.73. The van der Waals surface area contributed by atoms with Crippen LogP contribution in [0.15, 0.2) is 4.79 Å². The van der Waals surface area contributed by atoms with Crippen LogP contribution in [0.4, 0.5) is 0 Å². The lowest BCUT2D eigenvalue weighted by atomic mass is 9.89. The third-order valence-corrected chi connectivity index (χ3v) is 6.67. The number of carbonyl (C=O) groups excluding carboxylic acids is 1. The Morgan fingerprint density at radius 1 is 1.32 bits per heavy atom. The maximum Gasteiger partial charge on any atom is 0.263 e. The molecule has 0 saturated carbocycles. The van der Waals surface area contributed by atoms with Crippen molar-refractivity contribution in [3.05, 3.63) is 26.6 Å². The Morgan fingerprint density at radius 2 is 2.07 bits per heavy atom. The van der Waals surface area contributed by atoms with Gasteiger partial charge in [0.2, 0.25) is 5.91 Å². The SMILES string of the molecule is CCCCN(C)C(=O)Cn1c(CN(C)C)nc2sc3c(c2c1=O)CCC(C)C3. The summed E-state index contributed by atoms with van der Waals surface area (Å²) >= 11 is 1.67. The highest BCUT2D eigenvalue weighted by molar-refractivity contribution is 7.18. The lowest BCUT2D eigenvalue weighted by Crippen LogP contribution is -2.37. The van der Waals surface area contributed by atoms with E-state index in [1.165, 1.54) is 10.4 Å². The third-order valence-electron chi connectivity index (χ3n) is 5.52. The van der Waals surface area contributed by atoms with Crippen molar-refractivity contribution in [3.63, 3.8) is 0 Å². The molecule has 2 aromatic heterocycles. The van der Waals surface area contributed by atoms with Crippen LogP contribution in [-0.2, 0) is 30.7 Å². The molecule has 0 aliphatic heterocycles. The van der Waals surface area contributed by atoms with Gasteiger partial charge in [-0.2, -0.15) is 0 Å². The lowest BCUT2D eigenvalue weighted by molar-refractivity contribution is -0.130. The topological polar surface area (TPSA) is 58.4 Å². The first-order valence-corrected chi connectivity index (χ1v) is 11.1. The summed E-state index contributed by atoms with van der Waals surface area (Å²) in [5, 5.41) is 0.749. The van der Waals surface area contributed by atoms with Crippen LogP contribution in [0, 0.1) is 5.92 Å². The number of fused-ring (bicyclic) bond motifs is 3. The minimum Gasteiger partial charge on any atom is -0.344 e. The van der Waals surface area contributed by atoms with Crippen molar-refractivity contribution in [1.29, 1.82) is 0 Å². The number of unbranched alkanes of at least 4 members (excludes halogenated alkanes) is 1. The van der Waals surface area contributed by atoms with Crippen molar-refractivity contribution in [2.75, 3.05) is 27.7 Å². The van der Waals surface area contributed by atoms with E-state index in [1.54, 1.807) is 20.8 Å². The Balaban J connectivity index is 2.04. The summed E-state index contributed by atoms with van der Waals surface area (Å²) in [6.45, 7) is 5.69. The Morgan fingerprint density at radius 3 is 2.75 bits per heavy atom. The quantitative estimate of drug-likeness (QED) is 0.712. The lowest BCUT2D eigenvalue weighted by Gasteiger charge is -2.20. The number of amides is 1. The molecule has 2 heterocycles. The normalized spacial score (nSPS) is 16.6. The number of thiophene rings is 1. The standard InChI is InChI=1S/C21H32N4O2S/c1-6-7-10-24(5)18(26)13-25-17(12-23(3)4)22-20-19(21(25)27)15-9-8-14(2)11-16(15)28-20/h14H,6-13H2,1-5H3. The Labute approximate surface area is 171 Å². The van der Waals surface area contributed by atoms with Gasteiger partial charge >= 0.3 is 0 Å². The molecule has 2 aromatic rings. The third kappa shape index (κ3) is 4.30. The fourth-order valence-electron chi connectivity index (χ4n) is 3.81. The minimum atomic E-state index is -0.0499. The van der Waals surface area contributed by atoms with Gasteiger partial charge in [0.05, 0.1) is 11.9 Å².